The van der Waals surface area contributed by atoms with Gasteiger partial charge in [-0.3, -0.25) is 10.1 Å². The maximum atomic E-state index is 10.6. The van der Waals surface area contributed by atoms with E-state index in [4.69, 9.17) is 0 Å². The van der Waals surface area contributed by atoms with Crippen molar-refractivity contribution < 1.29 is 4.92 Å². The number of hydrogen-bond acceptors (Lipinski definition) is 3. The minimum atomic E-state index is -0.369. The molecular formula is C12H14N2O2. The van der Waals surface area contributed by atoms with E-state index in [1.54, 1.807) is 12.1 Å². The van der Waals surface area contributed by atoms with Gasteiger partial charge in [0.05, 0.1) is 4.92 Å². The van der Waals surface area contributed by atoms with E-state index in [-0.39, 0.29) is 10.6 Å². The Hall–Kier alpha value is -1.84. The van der Waals surface area contributed by atoms with E-state index in [1.807, 2.05) is 6.07 Å². The molecule has 0 heterocycles. The Bertz CT molecular complexity index is 415. The van der Waals surface area contributed by atoms with Gasteiger partial charge in [0.2, 0.25) is 0 Å². The van der Waals surface area contributed by atoms with Crippen LogP contribution in [0.15, 0.2) is 36.4 Å². The molecule has 0 bridgehead atoms. The van der Waals surface area contributed by atoms with Crippen LogP contribution in [0.1, 0.15) is 19.3 Å². The molecule has 0 fully saturated rings. The number of nitro benzene ring substituents is 1. The van der Waals surface area contributed by atoms with Crippen molar-refractivity contribution in [3.63, 3.8) is 0 Å². The topological polar surface area (TPSA) is 55.2 Å². The minimum Gasteiger partial charge on any atom is -0.382 e. The number of nitrogens with zero attached hydrogens (tertiary/aromatic N) is 1. The van der Waals surface area contributed by atoms with Crippen molar-refractivity contribution in [2.45, 2.75) is 25.3 Å². The van der Waals surface area contributed by atoms with Crippen molar-refractivity contribution in [2.24, 2.45) is 0 Å². The van der Waals surface area contributed by atoms with Gasteiger partial charge in [-0.15, -0.1) is 0 Å². The zero-order valence-corrected chi connectivity index (χ0v) is 8.93. The largest absolute Gasteiger partial charge is 0.382 e. The first-order chi connectivity index (χ1) is 7.75. The molecule has 1 unspecified atom stereocenters. The quantitative estimate of drug-likeness (QED) is 0.481. The predicted molar refractivity (Wildman–Crippen MR) is 63.5 cm³/mol. The molecule has 0 spiro atoms. The Kier molecular flexibility index (Phi) is 3.19. The second-order valence-electron chi connectivity index (χ2n) is 3.93. The Morgan fingerprint density at radius 2 is 2.25 bits per heavy atom. The Morgan fingerprint density at radius 1 is 1.38 bits per heavy atom. The summed E-state index contributed by atoms with van der Waals surface area (Å²) in [6.45, 7) is 0. The van der Waals surface area contributed by atoms with Gasteiger partial charge in [-0.2, -0.15) is 0 Å². The molecule has 1 aromatic rings. The summed E-state index contributed by atoms with van der Waals surface area (Å²) in [7, 11) is 0. The summed E-state index contributed by atoms with van der Waals surface area (Å²) in [6, 6.07) is 7.06. The van der Waals surface area contributed by atoms with E-state index in [0.29, 0.717) is 6.04 Å². The van der Waals surface area contributed by atoms with Crippen LogP contribution < -0.4 is 5.32 Å². The lowest BCUT2D eigenvalue weighted by Crippen LogP contribution is -2.20. The van der Waals surface area contributed by atoms with Crippen LogP contribution in [0, 0.1) is 10.1 Å². The normalized spacial score (nSPS) is 19.4. The molecule has 0 amide bonds. The van der Waals surface area contributed by atoms with Crippen molar-refractivity contribution in [3.05, 3.63) is 46.5 Å². The lowest BCUT2D eigenvalue weighted by Gasteiger charge is -2.20. The zero-order valence-electron chi connectivity index (χ0n) is 8.93. The summed E-state index contributed by atoms with van der Waals surface area (Å²) in [5.74, 6) is 0. The molecule has 1 aromatic carbocycles. The van der Waals surface area contributed by atoms with Gasteiger partial charge in [0, 0.05) is 23.9 Å². The molecular weight excluding hydrogens is 204 g/mol. The Morgan fingerprint density at radius 3 is 2.94 bits per heavy atom. The molecule has 1 N–H and O–H groups in total. The van der Waals surface area contributed by atoms with Crippen molar-refractivity contribution in [1.29, 1.82) is 0 Å². The van der Waals surface area contributed by atoms with Gasteiger partial charge in [-0.1, -0.05) is 18.2 Å². The summed E-state index contributed by atoms with van der Waals surface area (Å²) >= 11 is 0. The second-order valence-corrected chi connectivity index (χ2v) is 3.93. The van der Waals surface area contributed by atoms with Crippen LogP contribution in [0.25, 0.3) is 0 Å². The predicted octanol–water partition coefficient (Wildman–Crippen LogP) is 3.12. The van der Waals surface area contributed by atoms with Gasteiger partial charge >= 0.3 is 0 Å². The van der Waals surface area contributed by atoms with E-state index in [0.717, 1.165) is 24.9 Å². The van der Waals surface area contributed by atoms with E-state index < -0.39 is 0 Å². The zero-order chi connectivity index (χ0) is 11.4. The Balaban J connectivity index is 2.06. The number of non-ortho nitro benzene ring substituents is 1. The fourth-order valence-corrected chi connectivity index (χ4v) is 1.87. The highest BCUT2D eigenvalue weighted by atomic mass is 16.6. The first kappa shape index (κ1) is 10.7. The number of rotatable bonds is 3. The first-order valence-corrected chi connectivity index (χ1v) is 5.42. The lowest BCUT2D eigenvalue weighted by atomic mass is 10.0. The number of anilines is 1. The number of allylic oxidation sites excluding steroid dienone is 1. The van der Waals surface area contributed by atoms with Crippen LogP contribution >= 0.6 is 0 Å². The van der Waals surface area contributed by atoms with E-state index in [9.17, 15) is 10.1 Å². The van der Waals surface area contributed by atoms with Crippen molar-refractivity contribution >= 4 is 11.4 Å². The number of hydrogen-bond donors (Lipinski definition) is 1. The summed E-state index contributed by atoms with van der Waals surface area (Å²) in [6.07, 6.45) is 7.47. The van der Waals surface area contributed by atoms with Crippen molar-refractivity contribution in [1.82, 2.24) is 0 Å². The van der Waals surface area contributed by atoms with Crippen molar-refractivity contribution in [3.8, 4) is 0 Å². The molecule has 0 saturated carbocycles. The third-order valence-corrected chi connectivity index (χ3v) is 2.70. The monoisotopic (exact) mass is 218 g/mol. The summed E-state index contributed by atoms with van der Waals surface area (Å²) in [5, 5.41) is 13.9. The SMILES string of the molecule is O=[N+]([O-])c1cccc(NC2CC=CCC2)c1. The number of benzene rings is 1. The van der Waals surface area contributed by atoms with Crippen LogP contribution in [0.2, 0.25) is 0 Å². The maximum absolute atomic E-state index is 10.6. The lowest BCUT2D eigenvalue weighted by molar-refractivity contribution is -0.384. The summed E-state index contributed by atoms with van der Waals surface area (Å²) in [5.41, 5.74) is 0.964. The van der Waals surface area contributed by atoms with Gasteiger partial charge in [0.15, 0.2) is 0 Å². The summed E-state index contributed by atoms with van der Waals surface area (Å²) < 4.78 is 0. The summed E-state index contributed by atoms with van der Waals surface area (Å²) in [4.78, 5) is 10.2. The van der Waals surface area contributed by atoms with Gasteiger partial charge in [-0.25, -0.2) is 0 Å². The maximum Gasteiger partial charge on any atom is 0.271 e. The van der Waals surface area contributed by atoms with Crippen LogP contribution in [0.5, 0.6) is 0 Å². The van der Waals surface area contributed by atoms with E-state index in [1.165, 1.54) is 6.07 Å². The molecule has 0 aromatic heterocycles. The average Bonchev–Trinajstić information content (AvgIpc) is 2.30. The van der Waals surface area contributed by atoms with Crippen LogP contribution in [0.4, 0.5) is 11.4 Å². The smallest absolute Gasteiger partial charge is 0.271 e. The number of nitro groups is 1. The molecule has 0 saturated heterocycles. The molecule has 0 aliphatic heterocycles. The highest BCUT2D eigenvalue weighted by Gasteiger charge is 2.11. The molecule has 2 rings (SSSR count). The number of nitrogens with one attached hydrogen (secondary N) is 1. The molecule has 1 aliphatic rings. The molecule has 16 heavy (non-hydrogen) atoms. The fourth-order valence-electron chi connectivity index (χ4n) is 1.87. The van der Waals surface area contributed by atoms with Gasteiger partial charge in [-0.05, 0) is 25.3 Å². The van der Waals surface area contributed by atoms with Crippen LogP contribution in [0.3, 0.4) is 0 Å². The van der Waals surface area contributed by atoms with E-state index >= 15 is 0 Å². The second kappa shape index (κ2) is 4.79. The average molecular weight is 218 g/mol. The van der Waals surface area contributed by atoms with Crippen LogP contribution in [-0.4, -0.2) is 11.0 Å². The molecule has 0 radical (unpaired) electrons. The molecule has 4 heteroatoms. The van der Waals surface area contributed by atoms with Crippen LogP contribution in [-0.2, 0) is 0 Å². The molecule has 1 atom stereocenters. The fraction of sp³-hybridized carbons (Fsp3) is 0.333. The van der Waals surface area contributed by atoms with Crippen molar-refractivity contribution in [2.75, 3.05) is 5.32 Å². The standard InChI is InChI=1S/C12H14N2O2/c15-14(16)12-8-4-7-11(9-12)13-10-5-2-1-3-6-10/h1-2,4,7-10,13H,3,5-6H2. The van der Waals surface area contributed by atoms with Gasteiger partial charge in [0.1, 0.15) is 0 Å². The third-order valence-electron chi connectivity index (χ3n) is 2.70. The van der Waals surface area contributed by atoms with Gasteiger partial charge in [0.25, 0.3) is 5.69 Å². The molecule has 4 nitrogen and oxygen atoms in total. The highest BCUT2D eigenvalue weighted by Crippen LogP contribution is 2.21. The molecule has 1 aliphatic carbocycles. The minimum absolute atomic E-state index is 0.136. The Labute approximate surface area is 94.1 Å². The first-order valence-electron chi connectivity index (χ1n) is 5.42. The van der Waals surface area contributed by atoms with Gasteiger partial charge < -0.3 is 5.32 Å². The molecule has 84 valence electrons. The highest BCUT2D eigenvalue weighted by molar-refractivity contribution is 5.51. The van der Waals surface area contributed by atoms with E-state index in [2.05, 4.69) is 17.5 Å². The third kappa shape index (κ3) is 2.59.